The second-order valence-corrected chi connectivity index (χ2v) is 9.97. The minimum atomic E-state index is -1.10. The van der Waals surface area contributed by atoms with Crippen LogP contribution in [0.2, 0.25) is 10.0 Å². The van der Waals surface area contributed by atoms with E-state index in [4.69, 9.17) is 27.9 Å². The van der Waals surface area contributed by atoms with Gasteiger partial charge in [-0.2, -0.15) is 0 Å². The van der Waals surface area contributed by atoms with Gasteiger partial charge in [0.05, 0.1) is 17.2 Å². The molecule has 2 aromatic rings. The Balaban J connectivity index is 1.53. The predicted octanol–water partition coefficient (Wildman–Crippen LogP) is 4.79. The number of piperidine rings is 1. The van der Waals surface area contributed by atoms with Crippen LogP contribution in [-0.4, -0.2) is 60.3 Å². The zero-order valence-corrected chi connectivity index (χ0v) is 22.3. The Morgan fingerprint density at radius 1 is 1.14 bits per heavy atom. The van der Waals surface area contributed by atoms with E-state index in [2.05, 4.69) is 5.32 Å². The Hall–Kier alpha value is -2.68. The number of carboxylic acid groups (broad SMARTS) is 1. The molecule has 0 bridgehead atoms. The van der Waals surface area contributed by atoms with Gasteiger partial charge < -0.3 is 20.1 Å². The third-order valence-electron chi connectivity index (χ3n) is 6.09. The van der Waals surface area contributed by atoms with Crippen LogP contribution in [0.1, 0.15) is 24.0 Å². The number of benzene rings is 2. The molecule has 1 aliphatic rings. The Bertz CT molecular complexity index is 1130. The molecule has 0 aromatic heterocycles. The number of carbonyl (C=O) groups is 3. The maximum atomic E-state index is 12.8. The molecule has 1 heterocycles. The van der Waals surface area contributed by atoms with Gasteiger partial charge in [-0.05, 0) is 54.5 Å². The van der Waals surface area contributed by atoms with Crippen LogP contribution in [-0.2, 0) is 20.8 Å². The lowest BCUT2D eigenvalue weighted by molar-refractivity contribution is -0.142. The van der Waals surface area contributed by atoms with Crippen molar-refractivity contribution in [2.75, 3.05) is 26.5 Å². The fourth-order valence-electron chi connectivity index (χ4n) is 3.95. The van der Waals surface area contributed by atoms with Gasteiger partial charge in [0.25, 0.3) is 0 Å². The van der Waals surface area contributed by atoms with Gasteiger partial charge in [-0.15, -0.1) is 11.8 Å². The number of thioether (sulfide) groups is 1. The van der Waals surface area contributed by atoms with Crippen LogP contribution in [0.25, 0.3) is 6.08 Å². The number of hydrogen-bond acceptors (Lipinski definition) is 5. The van der Waals surface area contributed by atoms with Crippen molar-refractivity contribution in [1.82, 2.24) is 10.2 Å². The van der Waals surface area contributed by atoms with Gasteiger partial charge in [0.1, 0.15) is 11.8 Å². The quantitative estimate of drug-likeness (QED) is 0.344. The molecule has 10 heteroatoms. The number of ether oxygens (including phenoxy) is 1. The molecule has 0 unspecified atom stereocenters. The highest BCUT2D eigenvalue weighted by Crippen LogP contribution is 2.35. The molecule has 1 atom stereocenters. The van der Waals surface area contributed by atoms with Gasteiger partial charge in [-0.1, -0.05) is 41.4 Å². The Morgan fingerprint density at radius 3 is 2.39 bits per heavy atom. The Morgan fingerprint density at radius 2 is 1.81 bits per heavy atom. The average molecular weight is 551 g/mol. The molecular formula is C26H28Cl2N2O5S. The van der Waals surface area contributed by atoms with Crippen molar-refractivity contribution in [3.8, 4) is 5.75 Å². The molecule has 2 N–H and O–H groups in total. The van der Waals surface area contributed by atoms with Crippen LogP contribution in [0.15, 0.2) is 47.4 Å². The smallest absolute Gasteiger partial charge is 0.326 e. The summed E-state index contributed by atoms with van der Waals surface area (Å²) in [6.07, 6.45) is 6.06. The topological polar surface area (TPSA) is 95.9 Å². The lowest BCUT2D eigenvalue weighted by Gasteiger charge is -2.31. The van der Waals surface area contributed by atoms with Gasteiger partial charge in [0, 0.05) is 36.4 Å². The molecule has 3 rings (SSSR count). The second-order valence-electron chi connectivity index (χ2n) is 8.37. The normalized spacial score (nSPS) is 15.1. The molecule has 1 saturated heterocycles. The van der Waals surface area contributed by atoms with E-state index in [1.54, 1.807) is 42.4 Å². The molecule has 1 fully saturated rings. The van der Waals surface area contributed by atoms with Crippen LogP contribution < -0.4 is 10.1 Å². The minimum Gasteiger partial charge on any atom is -0.497 e. The lowest BCUT2D eigenvalue weighted by Crippen LogP contribution is -2.48. The summed E-state index contributed by atoms with van der Waals surface area (Å²) in [4.78, 5) is 39.7. The summed E-state index contributed by atoms with van der Waals surface area (Å²) in [6, 6.07) is 9.67. The first-order valence-electron chi connectivity index (χ1n) is 11.4. The van der Waals surface area contributed by atoms with Gasteiger partial charge >= 0.3 is 5.97 Å². The zero-order valence-electron chi connectivity index (χ0n) is 20.0. The van der Waals surface area contributed by atoms with Crippen molar-refractivity contribution >= 4 is 58.8 Å². The summed E-state index contributed by atoms with van der Waals surface area (Å²) >= 11 is 14.1. The van der Waals surface area contributed by atoms with Gasteiger partial charge in [-0.25, -0.2) is 4.79 Å². The number of likely N-dealkylation sites (tertiary alicyclic amines) is 1. The fraction of sp³-hybridized carbons (Fsp3) is 0.346. The summed E-state index contributed by atoms with van der Waals surface area (Å²) in [7, 11) is 1.56. The van der Waals surface area contributed by atoms with Crippen molar-refractivity contribution in [1.29, 1.82) is 0 Å². The van der Waals surface area contributed by atoms with E-state index in [0.717, 1.165) is 10.5 Å². The predicted molar refractivity (Wildman–Crippen MR) is 143 cm³/mol. The van der Waals surface area contributed by atoms with Gasteiger partial charge in [-0.3, -0.25) is 9.59 Å². The van der Waals surface area contributed by atoms with Crippen LogP contribution in [0.5, 0.6) is 5.75 Å². The number of nitrogens with zero attached hydrogens (tertiary/aromatic N) is 1. The second kappa shape index (κ2) is 13.0. The number of hydrogen-bond donors (Lipinski definition) is 2. The first kappa shape index (κ1) is 27.9. The van der Waals surface area contributed by atoms with E-state index in [0.29, 0.717) is 47.3 Å². The molecule has 0 saturated carbocycles. The van der Waals surface area contributed by atoms with Crippen LogP contribution in [0, 0.1) is 5.92 Å². The van der Waals surface area contributed by atoms with Crippen molar-refractivity contribution in [2.24, 2.45) is 5.92 Å². The number of amides is 2. The number of rotatable bonds is 9. The van der Waals surface area contributed by atoms with Crippen LogP contribution in [0.3, 0.4) is 0 Å². The number of halogens is 2. The summed E-state index contributed by atoms with van der Waals surface area (Å²) in [6.45, 7) is 0.800. The van der Waals surface area contributed by atoms with Gasteiger partial charge in [0.2, 0.25) is 11.8 Å². The maximum Gasteiger partial charge on any atom is 0.326 e. The Kier molecular flexibility index (Phi) is 10.1. The standard InChI is InChI=1S/C26H28Cl2N2O5S/c1-35-19-7-3-16(4-8-19)15-20(26(33)34)29-25(32)18-11-13-30(14-12-18)22(31)10-6-17-5-9-21(36-2)24(28)23(17)27/h3-10,18,20H,11-15H2,1-2H3,(H,29,32)(H,33,34)/b10-6+/t20-/m0/s1. The number of aliphatic carboxylic acids is 1. The third-order valence-corrected chi connectivity index (χ3v) is 7.88. The molecule has 2 aromatic carbocycles. The molecule has 0 radical (unpaired) electrons. The van der Waals surface area contributed by atoms with Gasteiger partial charge in [0.15, 0.2) is 0 Å². The molecule has 0 aliphatic carbocycles. The van der Waals surface area contributed by atoms with E-state index in [9.17, 15) is 19.5 Å². The largest absolute Gasteiger partial charge is 0.497 e. The molecular weight excluding hydrogens is 523 g/mol. The first-order chi connectivity index (χ1) is 17.2. The highest BCUT2D eigenvalue weighted by molar-refractivity contribution is 7.98. The molecule has 192 valence electrons. The number of nitrogens with one attached hydrogen (secondary N) is 1. The van der Waals surface area contributed by atoms with E-state index >= 15 is 0 Å². The number of methoxy groups -OCH3 is 1. The summed E-state index contributed by atoms with van der Waals surface area (Å²) in [5.41, 5.74) is 1.43. The fourth-order valence-corrected chi connectivity index (χ4v) is 5.12. The minimum absolute atomic E-state index is 0.164. The molecule has 0 spiro atoms. The van der Waals surface area contributed by atoms with Crippen molar-refractivity contribution in [3.05, 3.63) is 63.6 Å². The molecule has 1 aliphatic heterocycles. The average Bonchev–Trinajstić information content (AvgIpc) is 2.89. The van der Waals surface area contributed by atoms with Crippen LogP contribution in [0.4, 0.5) is 0 Å². The third kappa shape index (κ3) is 7.18. The highest BCUT2D eigenvalue weighted by Gasteiger charge is 2.29. The van der Waals surface area contributed by atoms with E-state index in [1.807, 2.05) is 18.4 Å². The summed E-state index contributed by atoms with van der Waals surface area (Å²) < 4.78 is 5.12. The van der Waals surface area contributed by atoms with Crippen molar-refractivity contribution in [2.45, 2.75) is 30.2 Å². The maximum absolute atomic E-state index is 12.8. The Labute approximate surface area is 224 Å². The first-order valence-corrected chi connectivity index (χ1v) is 13.4. The van der Waals surface area contributed by atoms with Crippen LogP contribution >= 0.6 is 35.0 Å². The zero-order chi connectivity index (χ0) is 26.2. The number of carbonyl (C=O) groups excluding carboxylic acids is 2. The number of carboxylic acids is 1. The monoisotopic (exact) mass is 550 g/mol. The molecule has 36 heavy (non-hydrogen) atoms. The summed E-state index contributed by atoms with van der Waals surface area (Å²) in [5.74, 6) is -1.28. The molecule has 7 nitrogen and oxygen atoms in total. The van der Waals surface area contributed by atoms with Crippen molar-refractivity contribution in [3.63, 3.8) is 0 Å². The van der Waals surface area contributed by atoms with E-state index in [-0.39, 0.29) is 24.2 Å². The summed E-state index contributed by atoms with van der Waals surface area (Å²) in [5, 5.41) is 13.1. The lowest BCUT2D eigenvalue weighted by atomic mass is 9.95. The highest BCUT2D eigenvalue weighted by atomic mass is 35.5. The molecule has 2 amide bonds. The van der Waals surface area contributed by atoms with Crippen molar-refractivity contribution < 1.29 is 24.2 Å². The van der Waals surface area contributed by atoms with E-state index < -0.39 is 12.0 Å². The SMILES string of the molecule is COc1ccc(C[C@H](NC(=O)C2CCN(C(=O)/C=C/c3ccc(SC)c(Cl)c3Cl)CC2)C(=O)O)cc1. The van der Waals surface area contributed by atoms with E-state index in [1.165, 1.54) is 17.8 Å².